The van der Waals surface area contributed by atoms with Crippen LogP contribution >= 0.6 is 0 Å². The highest BCUT2D eigenvalue weighted by molar-refractivity contribution is 5.71. The highest BCUT2D eigenvalue weighted by Crippen LogP contribution is 2.39. The van der Waals surface area contributed by atoms with Crippen molar-refractivity contribution in [2.24, 2.45) is 0 Å². The van der Waals surface area contributed by atoms with Crippen molar-refractivity contribution in [3.05, 3.63) is 82.9 Å². The first-order valence-corrected chi connectivity index (χ1v) is 8.48. The van der Waals surface area contributed by atoms with E-state index in [9.17, 15) is 9.18 Å². The molecule has 3 aromatic rings. The Bertz CT molecular complexity index is 932. The number of hydrogen-bond donors (Lipinski definition) is 0. The van der Waals surface area contributed by atoms with Crippen LogP contribution in [0.5, 0.6) is 0 Å². The van der Waals surface area contributed by atoms with Gasteiger partial charge < -0.3 is 4.79 Å². The second kappa shape index (κ2) is 5.96. The van der Waals surface area contributed by atoms with Crippen LogP contribution in [-0.2, 0) is 23.1 Å². The average molecular weight is 334 g/mol. The van der Waals surface area contributed by atoms with Gasteiger partial charge in [0.15, 0.2) is 0 Å². The molecule has 1 aromatic heterocycles. The summed E-state index contributed by atoms with van der Waals surface area (Å²) in [7, 11) is 0. The van der Waals surface area contributed by atoms with Gasteiger partial charge in [0.2, 0.25) is 0 Å². The van der Waals surface area contributed by atoms with Gasteiger partial charge in [-0.2, -0.15) is 5.10 Å². The van der Waals surface area contributed by atoms with E-state index in [0.29, 0.717) is 18.4 Å². The lowest BCUT2D eigenvalue weighted by Gasteiger charge is -2.34. The van der Waals surface area contributed by atoms with Crippen LogP contribution < -0.4 is 0 Å². The fraction of sp³-hybridized carbons (Fsp3) is 0.238. The molecule has 3 nitrogen and oxygen atoms in total. The van der Waals surface area contributed by atoms with Crippen molar-refractivity contribution >= 4 is 6.29 Å². The standard InChI is InChI=1S/C21H19FN2O/c1-15-18(8-5-9-19(15)22)21(14-25)11-10-20-16(12-21)13-23-24(20)17-6-3-2-4-7-17/h2-9,13-14H,10-12H2,1H3. The van der Waals surface area contributed by atoms with Crippen LogP contribution in [0.2, 0.25) is 0 Å². The summed E-state index contributed by atoms with van der Waals surface area (Å²) in [6, 6.07) is 15.0. The van der Waals surface area contributed by atoms with E-state index in [1.807, 2.05) is 47.3 Å². The van der Waals surface area contributed by atoms with Crippen molar-refractivity contribution in [1.29, 1.82) is 0 Å². The molecule has 0 N–H and O–H groups in total. The van der Waals surface area contributed by atoms with Crippen LogP contribution in [0.3, 0.4) is 0 Å². The van der Waals surface area contributed by atoms with E-state index in [-0.39, 0.29) is 5.82 Å². The summed E-state index contributed by atoms with van der Waals surface area (Å²) in [5.41, 5.74) is 3.89. The maximum atomic E-state index is 14.0. The number of para-hydroxylation sites is 1. The van der Waals surface area contributed by atoms with Gasteiger partial charge >= 0.3 is 0 Å². The van der Waals surface area contributed by atoms with Crippen molar-refractivity contribution < 1.29 is 9.18 Å². The molecule has 0 saturated heterocycles. The minimum Gasteiger partial charge on any atom is -0.302 e. The van der Waals surface area contributed by atoms with Gasteiger partial charge in [-0.25, -0.2) is 9.07 Å². The summed E-state index contributed by atoms with van der Waals surface area (Å²) in [6.07, 6.45) is 4.79. The van der Waals surface area contributed by atoms with Crippen LogP contribution in [0.15, 0.2) is 54.7 Å². The second-order valence-electron chi connectivity index (χ2n) is 6.73. The van der Waals surface area contributed by atoms with Crippen molar-refractivity contribution in [2.75, 3.05) is 0 Å². The SMILES string of the molecule is Cc1c(F)cccc1C1(C=O)CCc2c(cnn2-c2ccccc2)C1. The summed E-state index contributed by atoms with van der Waals surface area (Å²) in [4.78, 5) is 12.1. The summed E-state index contributed by atoms with van der Waals surface area (Å²) in [6.45, 7) is 1.75. The van der Waals surface area contributed by atoms with Gasteiger partial charge in [0, 0.05) is 5.69 Å². The number of benzene rings is 2. The quantitative estimate of drug-likeness (QED) is 0.680. The van der Waals surface area contributed by atoms with E-state index in [4.69, 9.17) is 0 Å². The zero-order valence-electron chi connectivity index (χ0n) is 14.1. The van der Waals surface area contributed by atoms with E-state index in [0.717, 1.165) is 35.2 Å². The molecule has 0 radical (unpaired) electrons. The zero-order valence-corrected chi connectivity index (χ0v) is 14.1. The molecule has 1 aliphatic carbocycles. The molecule has 4 heteroatoms. The van der Waals surface area contributed by atoms with Gasteiger partial charge in [0.05, 0.1) is 17.3 Å². The lowest BCUT2D eigenvalue weighted by molar-refractivity contribution is -0.113. The molecule has 0 saturated carbocycles. The maximum Gasteiger partial charge on any atom is 0.130 e. The van der Waals surface area contributed by atoms with E-state index < -0.39 is 5.41 Å². The molecule has 0 amide bonds. The van der Waals surface area contributed by atoms with Crippen molar-refractivity contribution in [3.63, 3.8) is 0 Å². The molecular weight excluding hydrogens is 315 g/mol. The fourth-order valence-electron chi connectivity index (χ4n) is 3.92. The van der Waals surface area contributed by atoms with E-state index in [1.165, 1.54) is 6.07 Å². The molecule has 1 aliphatic rings. The average Bonchev–Trinajstić information content (AvgIpc) is 3.07. The Hall–Kier alpha value is -2.75. The van der Waals surface area contributed by atoms with Crippen LogP contribution in [0.1, 0.15) is 28.8 Å². The predicted octanol–water partition coefficient (Wildman–Crippen LogP) is 3.95. The smallest absolute Gasteiger partial charge is 0.130 e. The maximum absolute atomic E-state index is 14.0. The van der Waals surface area contributed by atoms with Crippen LogP contribution in [-0.4, -0.2) is 16.1 Å². The predicted molar refractivity (Wildman–Crippen MR) is 94.5 cm³/mol. The third-order valence-corrected chi connectivity index (χ3v) is 5.30. The van der Waals surface area contributed by atoms with Crippen molar-refractivity contribution in [1.82, 2.24) is 9.78 Å². The topological polar surface area (TPSA) is 34.9 Å². The van der Waals surface area contributed by atoms with Gasteiger partial charge in [0.25, 0.3) is 0 Å². The molecule has 2 aromatic carbocycles. The number of rotatable bonds is 3. The molecule has 0 spiro atoms. The Labute approximate surface area is 146 Å². The number of aldehydes is 1. The van der Waals surface area contributed by atoms with Crippen LogP contribution in [0.4, 0.5) is 4.39 Å². The molecule has 0 fully saturated rings. The summed E-state index contributed by atoms with van der Waals surface area (Å²) < 4.78 is 16.0. The summed E-state index contributed by atoms with van der Waals surface area (Å²) in [5, 5.41) is 4.53. The molecule has 25 heavy (non-hydrogen) atoms. The van der Waals surface area contributed by atoms with E-state index in [1.54, 1.807) is 13.0 Å². The van der Waals surface area contributed by atoms with Gasteiger partial charge in [-0.3, -0.25) is 0 Å². The molecule has 1 heterocycles. The normalized spacial score (nSPS) is 19.4. The number of carbonyl (C=O) groups is 1. The number of carbonyl (C=O) groups excluding carboxylic acids is 1. The van der Waals surface area contributed by atoms with Crippen LogP contribution in [0, 0.1) is 12.7 Å². The van der Waals surface area contributed by atoms with Gasteiger partial charge in [-0.05, 0) is 61.1 Å². The highest BCUT2D eigenvalue weighted by Gasteiger charge is 2.39. The lowest BCUT2D eigenvalue weighted by atomic mass is 9.68. The summed E-state index contributed by atoms with van der Waals surface area (Å²) >= 11 is 0. The third-order valence-electron chi connectivity index (χ3n) is 5.30. The Morgan fingerprint density at radius 3 is 2.72 bits per heavy atom. The Morgan fingerprint density at radius 2 is 1.96 bits per heavy atom. The van der Waals surface area contributed by atoms with Crippen molar-refractivity contribution in [2.45, 2.75) is 31.6 Å². The van der Waals surface area contributed by atoms with Gasteiger partial charge in [-0.1, -0.05) is 30.3 Å². The first-order chi connectivity index (χ1) is 12.1. The largest absolute Gasteiger partial charge is 0.302 e. The zero-order chi connectivity index (χ0) is 17.4. The molecule has 0 aliphatic heterocycles. The van der Waals surface area contributed by atoms with Gasteiger partial charge in [0.1, 0.15) is 12.1 Å². The van der Waals surface area contributed by atoms with Gasteiger partial charge in [-0.15, -0.1) is 0 Å². The molecule has 1 unspecified atom stereocenters. The number of nitrogens with zero attached hydrogens (tertiary/aromatic N) is 2. The van der Waals surface area contributed by atoms with E-state index >= 15 is 0 Å². The molecular formula is C21H19FN2O. The number of fused-ring (bicyclic) bond motifs is 1. The number of hydrogen-bond acceptors (Lipinski definition) is 2. The minimum atomic E-state index is -0.677. The monoisotopic (exact) mass is 334 g/mol. The second-order valence-corrected chi connectivity index (χ2v) is 6.73. The number of halogens is 1. The molecule has 4 rings (SSSR count). The highest BCUT2D eigenvalue weighted by atomic mass is 19.1. The van der Waals surface area contributed by atoms with E-state index in [2.05, 4.69) is 5.10 Å². The fourth-order valence-corrected chi connectivity index (χ4v) is 3.92. The first-order valence-electron chi connectivity index (χ1n) is 8.48. The Morgan fingerprint density at radius 1 is 1.16 bits per heavy atom. The lowest BCUT2D eigenvalue weighted by Crippen LogP contribution is -2.36. The summed E-state index contributed by atoms with van der Waals surface area (Å²) in [5.74, 6) is -0.260. The Kier molecular flexibility index (Phi) is 3.75. The minimum absolute atomic E-state index is 0.260. The third kappa shape index (κ3) is 2.49. The number of aromatic nitrogens is 2. The molecule has 1 atom stereocenters. The van der Waals surface area contributed by atoms with Crippen LogP contribution in [0.25, 0.3) is 5.69 Å². The van der Waals surface area contributed by atoms with Crippen molar-refractivity contribution in [3.8, 4) is 5.69 Å². The molecule has 126 valence electrons. The first kappa shape index (κ1) is 15.8. The molecule has 0 bridgehead atoms. The Balaban J connectivity index is 1.77.